The van der Waals surface area contributed by atoms with E-state index in [9.17, 15) is 13.2 Å². The molecule has 0 N–H and O–H groups in total. The second kappa shape index (κ2) is 5.89. The number of fused-ring (bicyclic) bond motifs is 1. The third kappa shape index (κ3) is 2.83. The Kier molecular flexibility index (Phi) is 4.10. The average Bonchev–Trinajstić information content (AvgIpc) is 2.87. The van der Waals surface area contributed by atoms with Crippen molar-refractivity contribution in [3.8, 4) is 0 Å². The quantitative estimate of drug-likeness (QED) is 0.809. The van der Waals surface area contributed by atoms with Gasteiger partial charge in [-0.25, -0.2) is 8.42 Å². The van der Waals surface area contributed by atoms with Gasteiger partial charge in [0, 0.05) is 5.39 Å². The normalized spacial score (nSPS) is 20.1. The summed E-state index contributed by atoms with van der Waals surface area (Å²) in [7, 11) is -3.08. The van der Waals surface area contributed by atoms with E-state index in [1.165, 1.54) is 0 Å². The number of sulfone groups is 1. The van der Waals surface area contributed by atoms with Crippen LogP contribution in [-0.2, 0) is 14.6 Å². The summed E-state index contributed by atoms with van der Waals surface area (Å²) in [5.74, 6) is -0.312. The van der Waals surface area contributed by atoms with Crippen molar-refractivity contribution in [3.05, 3.63) is 42.5 Å². The van der Waals surface area contributed by atoms with Gasteiger partial charge >= 0.3 is 0 Å². The standard InChI is InChI=1S/C16H16ClNO3S/c17-10-16(19)18(13-8-9-22(20,21)11-13)15-7-3-5-12-4-1-2-6-14(12)15/h1-7,13H,8-11H2/t13-/m1/s1. The fourth-order valence-corrected chi connectivity index (χ4v) is 4.83. The molecule has 1 fully saturated rings. The number of alkyl halides is 1. The molecule has 4 nitrogen and oxygen atoms in total. The van der Waals surface area contributed by atoms with Gasteiger partial charge in [-0.05, 0) is 17.9 Å². The summed E-state index contributed by atoms with van der Waals surface area (Å²) in [6.07, 6.45) is 0.453. The number of carbonyl (C=O) groups is 1. The van der Waals surface area contributed by atoms with Gasteiger partial charge in [-0.15, -0.1) is 11.6 Å². The van der Waals surface area contributed by atoms with Crippen LogP contribution in [0.4, 0.5) is 5.69 Å². The molecule has 0 aliphatic carbocycles. The minimum Gasteiger partial charge on any atom is -0.307 e. The number of amides is 1. The molecule has 2 aromatic carbocycles. The zero-order valence-corrected chi connectivity index (χ0v) is 13.5. The van der Waals surface area contributed by atoms with Crippen molar-refractivity contribution < 1.29 is 13.2 Å². The number of hydrogen-bond donors (Lipinski definition) is 0. The highest BCUT2D eigenvalue weighted by Crippen LogP contribution is 2.31. The van der Waals surface area contributed by atoms with Gasteiger partial charge in [0.25, 0.3) is 0 Å². The van der Waals surface area contributed by atoms with Crippen molar-refractivity contribution in [1.82, 2.24) is 0 Å². The Morgan fingerprint density at radius 2 is 1.91 bits per heavy atom. The molecule has 3 rings (SSSR count). The van der Waals surface area contributed by atoms with Crippen molar-refractivity contribution in [2.24, 2.45) is 0 Å². The van der Waals surface area contributed by atoms with Crippen LogP contribution in [0.5, 0.6) is 0 Å². The first-order chi connectivity index (χ1) is 10.5. The van der Waals surface area contributed by atoms with E-state index >= 15 is 0 Å². The molecule has 1 amide bonds. The summed E-state index contributed by atoms with van der Waals surface area (Å²) in [6, 6.07) is 13.1. The average molecular weight is 338 g/mol. The lowest BCUT2D eigenvalue weighted by Gasteiger charge is -2.29. The van der Waals surface area contributed by atoms with Gasteiger partial charge in [0.2, 0.25) is 5.91 Å². The van der Waals surface area contributed by atoms with Crippen molar-refractivity contribution in [2.75, 3.05) is 22.3 Å². The Bertz CT molecular complexity index is 814. The minimum atomic E-state index is -3.08. The number of anilines is 1. The molecule has 1 atom stereocenters. The maximum Gasteiger partial charge on any atom is 0.242 e. The first-order valence-corrected chi connectivity index (χ1v) is 9.43. The summed E-state index contributed by atoms with van der Waals surface area (Å²) >= 11 is 5.76. The third-order valence-electron chi connectivity index (χ3n) is 3.98. The monoisotopic (exact) mass is 337 g/mol. The molecule has 0 saturated carbocycles. The van der Waals surface area contributed by atoms with E-state index in [0.717, 1.165) is 16.5 Å². The fourth-order valence-electron chi connectivity index (χ4n) is 3.00. The molecule has 0 unspecified atom stereocenters. The van der Waals surface area contributed by atoms with Crippen molar-refractivity contribution in [3.63, 3.8) is 0 Å². The highest BCUT2D eigenvalue weighted by atomic mass is 35.5. The van der Waals surface area contributed by atoms with Crippen LogP contribution < -0.4 is 4.90 Å². The highest BCUT2D eigenvalue weighted by Gasteiger charge is 2.35. The number of benzene rings is 2. The molecule has 6 heteroatoms. The zero-order chi connectivity index (χ0) is 15.7. The predicted molar refractivity (Wildman–Crippen MR) is 89.2 cm³/mol. The smallest absolute Gasteiger partial charge is 0.242 e. The lowest BCUT2D eigenvalue weighted by Crippen LogP contribution is -2.42. The van der Waals surface area contributed by atoms with Gasteiger partial charge in [0.15, 0.2) is 9.84 Å². The van der Waals surface area contributed by atoms with Gasteiger partial charge in [-0.3, -0.25) is 4.79 Å². The molecule has 0 aromatic heterocycles. The Balaban J connectivity index is 2.11. The Morgan fingerprint density at radius 1 is 1.18 bits per heavy atom. The molecular formula is C16H16ClNO3S. The topological polar surface area (TPSA) is 54.5 Å². The summed E-state index contributed by atoms with van der Waals surface area (Å²) in [5, 5.41) is 1.93. The van der Waals surface area contributed by atoms with E-state index in [1.807, 2.05) is 42.5 Å². The van der Waals surface area contributed by atoms with Crippen LogP contribution in [0, 0.1) is 0 Å². The van der Waals surface area contributed by atoms with Gasteiger partial charge in [0.1, 0.15) is 5.88 Å². The lowest BCUT2D eigenvalue weighted by molar-refractivity contribution is -0.116. The van der Waals surface area contributed by atoms with Crippen molar-refractivity contribution in [1.29, 1.82) is 0 Å². The lowest BCUT2D eigenvalue weighted by atomic mass is 10.1. The van der Waals surface area contributed by atoms with Crippen molar-refractivity contribution >= 4 is 43.8 Å². The molecule has 0 radical (unpaired) electrons. The first kappa shape index (κ1) is 15.3. The van der Waals surface area contributed by atoms with E-state index in [4.69, 9.17) is 11.6 Å². The summed E-state index contributed by atoms with van der Waals surface area (Å²) in [5.41, 5.74) is 0.728. The first-order valence-electron chi connectivity index (χ1n) is 7.08. The number of halogens is 1. The molecule has 116 valence electrons. The van der Waals surface area contributed by atoms with Gasteiger partial charge in [-0.1, -0.05) is 36.4 Å². The van der Waals surface area contributed by atoms with Crippen LogP contribution in [0.25, 0.3) is 10.8 Å². The summed E-state index contributed by atoms with van der Waals surface area (Å²) in [4.78, 5) is 13.9. The summed E-state index contributed by atoms with van der Waals surface area (Å²) < 4.78 is 23.6. The number of hydrogen-bond acceptors (Lipinski definition) is 3. The van der Waals surface area contributed by atoms with Gasteiger partial charge < -0.3 is 4.90 Å². The predicted octanol–water partition coefficient (Wildman–Crippen LogP) is 2.60. The van der Waals surface area contributed by atoms with E-state index in [-0.39, 0.29) is 29.3 Å². The molecule has 0 bridgehead atoms. The van der Waals surface area contributed by atoms with Crippen LogP contribution in [0.15, 0.2) is 42.5 Å². The molecule has 2 aromatic rings. The van der Waals surface area contributed by atoms with Crippen LogP contribution in [0.1, 0.15) is 6.42 Å². The van der Waals surface area contributed by atoms with Crippen LogP contribution >= 0.6 is 11.6 Å². The molecule has 22 heavy (non-hydrogen) atoms. The van der Waals surface area contributed by atoms with Crippen LogP contribution in [0.3, 0.4) is 0 Å². The summed E-state index contributed by atoms with van der Waals surface area (Å²) in [6.45, 7) is 0. The molecule has 1 heterocycles. The van der Waals surface area contributed by atoms with E-state index < -0.39 is 9.84 Å². The minimum absolute atomic E-state index is 0.00114. The maximum absolute atomic E-state index is 12.4. The molecule has 1 aliphatic heterocycles. The van der Waals surface area contributed by atoms with Crippen LogP contribution in [0.2, 0.25) is 0 Å². The highest BCUT2D eigenvalue weighted by molar-refractivity contribution is 7.91. The Morgan fingerprint density at radius 3 is 2.59 bits per heavy atom. The second-order valence-corrected chi connectivity index (χ2v) is 7.95. The van der Waals surface area contributed by atoms with E-state index in [2.05, 4.69) is 0 Å². The maximum atomic E-state index is 12.4. The molecule has 1 aliphatic rings. The van der Waals surface area contributed by atoms with Gasteiger partial charge in [-0.2, -0.15) is 0 Å². The zero-order valence-electron chi connectivity index (χ0n) is 11.9. The Labute approximate surface area is 134 Å². The fraction of sp³-hybridized carbons (Fsp3) is 0.312. The molecular weight excluding hydrogens is 322 g/mol. The number of nitrogens with zero attached hydrogens (tertiary/aromatic N) is 1. The van der Waals surface area contributed by atoms with E-state index in [0.29, 0.717) is 6.42 Å². The van der Waals surface area contributed by atoms with E-state index in [1.54, 1.807) is 4.90 Å². The Hall–Kier alpha value is -1.59. The third-order valence-corrected chi connectivity index (χ3v) is 5.96. The molecule has 0 spiro atoms. The molecule has 1 saturated heterocycles. The number of rotatable bonds is 3. The number of carbonyl (C=O) groups excluding carboxylic acids is 1. The van der Waals surface area contributed by atoms with Gasteiger partial charge in [0.05, 0.1) is 23.2 Å². The van der Waals surface area contributed by atoms with Crippen molar-refractivity contribution in [2.45, 2.75) is 12.5 Å². The second-order valence-electron chi connectivity index (χ2n) is 5.45. The van der Waals surface area contributed by atoms with Crippen LogP contribution in [-0.4, -0.2) is 37.8 Å². The SMILES string of the molecule is O=C(CCl)N(c1cccc2ccccc12)[C@@H]1CCS(=O)(=O)C1. The largest absolute Gasteiger partial charge is 0.307 e.